The van der Waals surface area contributed by atoms with Crippen molar-refractivity contribution in [3.8, 4) is 5.69 Å². The molecular formula is C22H22FN3O2. The number of benzene rings is 1. The molecule has 6 heteroatoms. The Morgan fingerprint density at radius 3 is 2.75 bits per heavy atom. The number of aliphatic hydroxyl groups excluding tert-OH is 1. The van der Waals surface area contributed by atoms with Crippen molar-refractivity contribution in [2.75, 3.05) is 0 Å². The summed E-state index contributed by atoms with van der Waals surface area (Å²) in [4.78, 5) is 0. The molecule has 0 spiro atoms. The number of halogens is 1. The van der Waals surface area contributed by atoms with Crippen LogP contribution in [0.1, 0.15) is 43.3 Å². The molecule has 5 nitrogen and oxygen atoms in total. The number of rotatable bonds is 4. The maximum Gasteiger partial charge on any atom is 0.221 e. The zero-order chi connectivity index (χ0) is 19.9. The van der Waals surface area contributed by atoms with Gasteiger partial charge in [-0.25, -0.2) is 9.07 Å². The van der Waals surface area contributed by atoms with E-state index in [1.54, 1.807) is 35.0 Å². The Morgan fingerprint density at radius 1 is 1.29 bits per heavy atom. The van der Waals surface area contributed by atoms with Gasteiger partial charge in [-0.2, -0.15) is 9.83 Å². The molecule has 3 aromatic rings. The summed E-state index contributed by atoms with van der Waals surface area (Å²) in [6.45, 7) is 4.13. The lowest BCUT2D eigenvalue weighted by Gasteiger charge is -2.35. The van der Waals surface area contributed by atoms with Gasteiger partial charge in [-0.05, 0) is 67.2 Å². The average molecular weight is 379 g/mol. The minimum atomic E-state index is -0.860. The lowest BCUT2D eigenvalue weighted by Crippen LogP contribution is -2.35. The lowest BCUT2D eigenvalue weighted by atomic mass is 9.70. The summed E-state index contributed by atoms with van der Waals surface area (Å²) in [6.07, 6.45) is 5.56. The Labute approximate surface area is 163 Å². The van der Waals surface area contributed by atoms with Crippen LogP contribution in [0.4, 0.5) is 4.39 Å². The molecule has 1 aromatic carbocycles. The van der Waals surface area contributed by atoms with Crippen molar-refractivity contribution in [2.24, 2.45) is 5.41 Å². The molecule has 0 saturated heterocycles. The van der Waals surface area contributed by atoms with E-state index in [1.807, 2.05) is 13.1 Å². The van der Waals surface area contributed by atoms with E-state index in [1.165, 1.54) is 18.3 Å². The fourth-order valence-corrected chi connectivity index (χ4v) is 3.87. The number of hydrogen-bond donors (Lipinski definition) is 1. The minimum Gasteiger partial charge on any atom is -0.618 e. The fraction of sp³-hybridized carbons (Fsp3) is 0.273. The molecule has 0 saturated carbocycles. The van der Waals surface area contributed by atoms with E-state index in [0.717, 1.165) is 22.5 Å². The molecule has 144 valence electrons. The molecule has 2 heterocycles. The van der Waals surface area contributed by atoms with Crippen molar-refractivity contribution in [3.05, 3.63) is 88.4 Å². The summed E-state index contributed by atoms with van der Waals surface area (Å²) in [5, 5.41) is 27.1. The first kappa shape index (κ1) is 18.4. The lowest BCUT2D eigenvalue weighted by molar-refractivity contribution is -0.618. The van der Waals surface area contributed by atoms with E-state index in [-0.39, 0.29) is 11.2 Å². The minimum absolute atomic E-state index is 0.283. The number of hydrogen-bond acceptors (Lipinski definition) is 3. The van der Waals surface area contributed by atoms with Crippen LogP contribution in [0.3, 0.4) is 0 Å². The Morgan fingerprint density at radius 2 is 2.04 bits per heavy atom. The highest BCUT2D eigenvalue weighted by Crippen LogP contribution is 2.44. The van der Waals surface area contributed by atoms with Crippen molar-refractivity contribution in [2.45, 2.75) is 32.8 Å². The van der Waals surface area contributed by atoms with Gasteiger partial charge in [0.05, 0.1) is 17.6 Å². The van der Waals surface area contributed by atoms with E-state index in [2.05, 4.69) is 18.1 Å². The monoisotopic (exact) mass is 379 g/mol. The molecular weight excluding hydrogens is 357 g/mol. The summed E-state index contributed by atoms with van der Waals surface area (Å²) in [7, 11) is 0. The van der Waals surface area contributed by atoms with Crippen molar-refractivity contribution >= 4 is 6.08 Å². The quantitative estimate of drug-likeness (QED) is 0.555. The van der Waals surface area contributed by atoms with Crippen LogP contribution in [0, 0.1) is 16.4 Å². The predicted octanol–water partition coefficient (Wildman–Crippen LogP) is 3.73. The third-order valence-electron chi connectivity index (χ3n) is 5.68. The van der Waals surface area contributed by atoms with Gasteiger partial charge in [0.25, 0.3) is 0 Å². The summed E-state index contributed by atoms with van der Waals surface area (Å²) in [5.41, 5.74) is 3.99. The zero-order valence-corrected chi connectivity index (χ0v) is 15.8. The van der Waals surface area contributed by atoms with Crippen molar-refractivity contribution < 1.29 is 14.2 Å². The van der Waals surface area contributed by atoms with Crippen LogP contribution < -0.4 is 4.73 Å². The van der Waals surface area contributed by atoms with Gasteiger partial charge < -0.3 is 10.3 Å². The van der Waals surface area contributed by atoms with Gasteiger partial charge in [0, 0.05) is 12.1 Å². The van der Waals surface area contributed by atoms with Crippen LogP contribution in [-0.2, 0) is 6.42 Å². The van der Waals surface area contributed by atoms with Crippen molar-refractivity contribution in [3.63, 3.8) is 0 Å². The average Bonchev–Trinajstić information content (AvgIpc) is 3.05. The molecule has 0 aliphatic heterocycles. The van der Waals surface area contributed by atoms with E-state index >= 15 is 0 Å². The van der Waals surface area contributed by atoms with Gasteiger partial charge in [0.1, 0.15) is 11.9 Å². The van der Waals surface area contributed by atoms with Crippen LogP contribution in [0.5, 0.6) is 0 Å². The first-order valence-electron chi connectivity index (χ1n) is 9.25. The number of fused-ring (bicyclic) bond motifs is 1. The van der Waals surface area contributed by atoms with Crippen molar-refractivity contribution in [1.29, 1.82) is 0 Å². The van der Waals surface area contributed by atoms with Crippen LogP contribution in [-0.4, -0.2) is 14.9 Å². The summed E-state index contributed by atoms with van der Waals surface area (Å²) in [5.74, 6) is -0.283. The number of allylic oxidation sites excluding steroid dienone is 1. The molecule has 4 rings (SSSR count). The molecule has 1 N–H and O–H groups in total. The van der Waals surface area contributed by atoms with Crippen LogP contribution >= 0.6 is 0 Å². The third-order valence-corrected chi connectivity index (χ3v) is 5.68. The SMILES string of the molecule is CC1=Cc2c(cnn2-c2ccc(F)cc2)C[C@@]1(C)CC(O)c1cccc[n+]1[O-]. The van der Waals surface area contributed by atoms with Gasteiger partial charge in [0.2, 0.25) is 5.69 Å². The molecule has 2 aromatic heterocycles. The highest BCUT2D eigenvalue weighted by Gasteiger charge is 2.36. The molecule has 28 heavy (non-hydrogen) atoms. The van der Waals surface area contributed by atoms with Crippen LogP contribution in [0.2, 0.25) is 0 Å². The van der Waals surface area contributed by atoms with Gasteiger partial charge in [-0.3, -0.25) is 0 Å². The Kier molecular flexibility index (Phi) is 4.51. The van der Waals surface area contributed by atoms with E-state index in [0.29, 0.717) is 23.3 Å². The van der Waals surface area contributed by atoms with Gasteiger partial charge >= 0.3 is 0 Å². The second-order valence-electron chi connectivity index (χ2n) is 7.68. The predicted molar refractivity (Wildman–Crippen MR) is 104 cm³/mol. The first-order valence-corrected chi connectivity index (χ1v) is 9.25. The molecule has 1 aliphatic carbocycles. The van der Waals surface area contributed by atoms with Gasteiger partial charge in [-0.1, -0.05) is 12.5 Å². The standard InChI is InChI=1S/C22H22FN3O2/c1-15-11-20-16(14-24-26(20)18-8-6-17(23)7-9-18)12-22(15,2)13-21(27)19-5-3-4-10-25(19)28/h3-11,14,21,27H,12-13H2,1-2H3/t21?,22-/m0/s1. The fourth-order valence-electron chi connectivity index (χ4n) is 3.87. The van der Waals surface area contributed by atoms with Gasteiger partial charge in [-0.15, -0.1) is 0 Å². The zero-order valence-electron chi connectivity index (χ0n) is 15.8. The van der Waals surface area contributed by atoms with Crippen molar-refractivity contribution in [1.82, 2.24) is 9.78 Å². The highest BCUT2D eigenvalue weighted by atomic mass is 19.1. The number of aromatic nitrogens is 3. The number of pyridine rings is 1. The maximum absolute atomic E-state index is 13.2. The normalized spacial score (nSPS) is 19.8. The Bertz CT molecular complexity index is 1040. The smallest absolute Gasteiger partial charge is 0.221 e. The second-order valence-corrected chi connectivity index (χ2v) is 7.68. The number of nitrogens with zero attached hydrogens (tertiary/aromatic N) is 3. The summed E-state index contributed by atoms with van der Waals surface area (Å²) < 4.78 is 15.8. The molecule has 0 fully saturated rings. The summed E-state index contributed by atoms with van der Waals surface area (Å²) in [6, 6.07) is 11.3. The van der Waals surface area contributed by atoms with E-state index in [4.69, 9.17) is 0 Å². The maximum atomic E-state index is 13.2. The third kappa shape index (κ3) is 3.20. The first-order chi connectivity index (χ1) is 13.4. The van der Waals surface area contributed by atoms with E-state index < -0.39 is 6.10 Å². The van der Waals surface area contributed by atoms with Crippen LogP contribution in [0.15, 0.2) is 60.4 Å². The topological polar surface area (TPSA) is 65.0 Å². The molecule has 0 radical (unpaired) electrons. The Hall–Kier alpha value is -2.99. The molecule has 0 bridgehead atoms. The Balaban J connectivity index is 1.63. The second kappa shape index (κ2) is 6.87. The molecule has 1 aliphatic rings. The number of aliphatic hydroxyl groups is 1. The largest absolute Gasteiger partial charge is 0.618 e. The molecule has 0 amide bonds. The van der Waals surface area contributed by atoms with Gasteiger partial charge in [0.15, 0.2) is 6.20 Å². The van der Waals surface area contributed by atoms with Crippen LogP contribution in [0.25, 0.3) is 11.8 Å². The summed E-state index contributed by atoms with van der Waals surface area (Å²) >= 11 is 0. The highest BCUT2D eigenvalue weighted by molar-refractivity contribution is 5.60. The molecule has 1 unspecified atom stereocenters. The van der Waals surface area contributed by atoms with E-state index in [9.17, 15) is 14.7 Å². The molecule has 2 atom stereocenters.